The van der Waals surface area contributed by atoms with Gasteiger partial charge in [-0.3, -0.25) is 0 Å². The first-order valence-electron chi connectivity index (χ1n) is 10.6. The average molecular weight is 514 g/mol. The van der Waals surface area contributed by atoms with E-state index in [4.69, 9.17) is 10.5 Å². The summed E-state index contributed by atoms with van der Waals surface area (Å²) in [4.78, 5) is 14.4. The fraction of sp³-hybridized carbons (Fsp3) is 0.231. The Morgan fingerprint density at radius 2 is 1.79 bits per heavy atom. The molecule has 2 aliphatic rings. The molecule has 2 aromatic carbocycles. The third-order valence-corrected chi connectivity index (χ3v) is 6.89. The third-order valence-electron chi connectivity index (χ3n) is 6.36. The van der Waals surface area contributed by atoms with E-state index in [-0.39, 0.29) is 31.0 Å². The minimum Gasteiger partial charge on any atom is -0.445 e. The molecular weight excluding hydrogens is 494 g/mol. The van der Waals surface area contributed by atoms with Crippen LogP contribution in [0.1, 0.15) is 17.0 Å². The fourth-order valence-corrected chi connectivity index (χ4v) is 4.95. The molecule has 1 aliphatic heterocycles. The van der Waals surface area contributed by atoms with E-state index in [1.807, 2.05) is 54.6 Å². The summed E-state index contributed by atoms with van der Waals surface area (Å²) in [5.41, 5.74) is 6.90. The summed E-state index contributed by atoms with van der Waals surface area (Å²) in [6.45, 7) is 0.547. The number of nitrogens with zero attached hydrogens (tertiary/aromatic N) is 4. The first kappa shape index (κ1) is 23.1. The summed E-state index contributed by atoms with van der Waals surface area (Å²) in [6, 6.07) is 23.0. The van der Waals surface area contributed by atoms with Crippen LogP contribution in [-0.2, 0) is 11.3 Å². The van der Waals surface area contributed by atoms with Gasteiger partial charge in [-0.2, -0.15) is 15.8 Å². The molecule has 0 saturated carbocycles. The van der Waals surface area contributed by atoms with E-state index < -0.39 is 23.3 Å². The smallest absolute Gasteiger partial charge is 0.410 e. The van der Waals surface area contributed by atoms with Crippen LogP contribution in [0.4, 0.5) is 4.79 Å². The van der Waals surface area contributed by atoms with E-state index in [0.29, 0.717) is 5.57 Å². The number of halogens is 1. The second kappa shape index (κ2) is 9.43. The molecule has 2 atom stereocenters. The highest BCUT2D eigenvalue weighted by Crippen LogP contribution is 2.54. The molecule has 2 aromatic rings. The monoisotopic (exact) mass is 513 g/mol. The molecule has 1 aliphatic carbocycles. The number of ether oxygens (including phenoxy) is 1. The van der Waals surface area contributed by atoms with Crippen molar-refractivity contribution in [2.75, 3.05) is 13.1 Å². The van der Waals surface area contributed by atoms with Gasteiger partial charge in [-0.25, -0.2) is 4.79 Å². The summed E-state index contributed by atoms with van der Waals surface area (Å²) in [7, 11) is 0. The normalized spacial score (nSPS) is 20.8. The average Bonchev–Trinajstić information content (AvgIpc) is 2.88. The standard InChI is InChI=1S/C26H20BrN5O2/c27-19-8-6-18(7-9-19)23-22-13-32(25(33)34-14-17-4-2-1-3-5-17)11-10-20(22)21(12-28)24(31)26(23,15-29)16-30/h1-10,22-23H,11,13-14,31H2/t22-,23-/m0/s1. The predicted octanol–water partition coefficient (Wildman–Crippen LogP) is 4.51. The highest BCUT2D eigenvalue weighted by Gasteiger charge is 2.54. The molecule has 0 bridgehead atoms. The summed E-state index contributed by atoms with van der Waals surface area (Å²) in [5, 5.41) is 30.2. The Morgan fingerprint density at radius 3 is 2.41 bits per heavy atom. The van der Waals surface area contributed by atoms with Crippen molar-refractivity contribution in [2.24, 2.45) is 17.1 Å². The maximum atomic E-state index is 12.9. The number of carbonyl (C=O) groups excluding carboxylic acids is 1. The van der Waals surface area contributed by atoms with E-state index in [2.05, 4.69) is 34.1 Å². The van der Waals surface area contributed by atoms with Gasteiger partial charge in [0.2, 0.25) is 0 Å². The second-order valence-corrected chi connectivity index (χ2v) is 9.09. The SMILES string of the molecule is N#CC1=C(N)C(C#N)(C#N)[C@@H](c2ccc(Br)cc2)[C@H]2CN(C(=O)OCc3ccccc3)CC=C12. The Kier molecular flexibility index (Phi) is 6.41. The molecule has 1 amide bonds. The number of hydrogen-bond donors (Lipinski definition) is 1. The molecule has 1 heterocycles. The first-order chi connectivity index (χ1) is 16.4. The predicted molar refractivity (Wildman–Crippen MR) is 127 cm³/mol. The highest BCUT2D eigenvalue weighted by atomic mass is 79.9. The molecule has 2 N–H and O–H groups in total. The molecular formula is C26H20BrN5O2. The largest absolute Gasteiger partial charge is 0.445 e. The van der Waals surface area contributed by atoms with Crippen molar-refractivity contribution in [3.8, 4) is 18.2 Å². The van der Waals surface area contributed by atoms with E-state index in [9.17, 15) is 20.6 Å². The number of amides is 1. The maximum absolute atomic E-state index is 12.9. The lowest BCUT2D eigenvalue weighted by Crippen LogP contribution is -2.49. The zero-order chi connectivity index (χ0) is 24.3. The number of nitrogens with two attached hydrogens (primary N) is 1. The van der Waals surface area contributed by atoms with Crippen LogP contribution in [-0.4, -0.2) is 24.1 Å². The van der Waals surface area contributed by atoms with Crippen molar-refractivity contribution in [1.29, 1.82) is 15.8 Å². The van der Waals surface area contributed by atoms with Crippen LogP contribution in [0.25, 0.3) is 0 Å². The lowest BCUT2D eigenvalue weighted by molar-refractivity contribution is 0.0898. The number of carbonyl (C=O) groups is 1. The Hall–Kier alpha value is -4.06. The van der Waals surface area contributed by atoms with E-state index in [1.54, 1.807) is 6.08 Å². The molecule has 0 unspecified atom stereocenters. The van der Waals surface area contributed by atoms with E-state index >= 15 is 0 Å². The number of benzene rings is 2. The fourth-order valence-electron chi connectivity index (χ4n) is 4.69. The number of nitriles is 3. The quantitative estimate of drug-likeness (QED) is 0.642. The molecule has 0 radical (unpaired) electrons. The number of hydrogen-bond acceptors (Lipinski definition) is 6. The van der Waals surface area contributed by atoms with Gasteiger partial charge in [0.15, 0.2) is 5.41 Å². The minimum absolute atomic E-state index is 0.0458. The van der Waals surface area contributed by atoms with E-state index in [0.717, 1.165) is 15.6 Å². The number of fused-ring (bicyclic) bond motifs is 1. The van der Waals surface area contributed by atoms with Gasteiger partial charge in [-0.15, -0.1) is 0 Å². The van der Waals surface area contributed by atoms with Gasteiger partial charge in [-0.1, -0.05) is 64.5 Å². The van der Waals surface area contributed by atoms with Crippen molar-refractivity contribution < 1.29 is 9.53 Å². The Bertz CT molecular complexity index is 1280. The lowest BCUT2D eigenvalue weighted by Gasteiger charge is -2.45. The third kappa shape index (κ3) is 3.92. The van der Waals surface area contributed by atoms with Crippen LogP contribution in [0, 0.1) is 45.3 Å². The molecule has 4 rings (SSSR count). The van der Waals surface area contributed by atoms with Gasteiger partial charge in [-0.05, 0) is 28.8 Å². The summed E-state index contributed by atoms with van der Waals surface area (Å²) < 4.78 is 6.35. The zero-order valence-electron chi connectivity index (χ0n) is 18.1. The lowest BCUT2D eigenvalue weighted by atomic mass is 9.58. The second-order valence-electron chi connectivity index (χ2n) is 8.17. The highest BCUT2D eigenvalue weighted by molar-refractivity contribution is 9.10. The molecule has 0 spiro atoms. The van der Waals surface area contributed by atoms with Gasteiger partial charge in [0.25, 0.3) is 0 Å². The maximum Gasteiger partial charge on any atom is 0.410 e. The van der Waals surface area contributed by atoms with Crippen LogP contribution in [0.15, 0.2) is 82.0 Å². The topological polar surface area (TPSA) is 127 Å². The molecule has 7 nitrogen and oxygen atoms in total. The van der Waals surface area contributed by atoms with Crippen molar-refractivity contribution in [3.05, 3.63) is 93.1 Å². The van der Waals surface area contributed by atoms with Crippen molar-refractivity contribution in [2.45, 2.75) is 12.5 Å². The molecule has 0 aromatic heterocycles. The van der Waals surface area contributed by atoms with Crippen LogP contribution in [0.5, 0.6) is 0 Å². The Labute approximate surface area is 206 Å². The molecule has 0 fully saturated rings. The van der Waals surface area contributed by atoms with Crippen LogP contribution in [0.2, 0.25) is 0 Å². The Morgan fingerprint density at radius 1 is 1.12 bits per heavy atom. The van der Waals surface area contributed by atoms with Crippen molar-refractivity contribution >= 4 is 22.0 Å². The molecule has 34 heavy (non-hydrogen) atoms. The van der Waals surface area contributed by atoms with Gasteiger partial charge in [0.1, 0.15) is 12.7 Å². The summed E-state index contributed by atoms with van der Waals surface area (Å²) in [5.74, 6) is -1.16. The molecule has 0 saturated heterocycles. The number of allylic oxidation sites excluding steroid dienone is 2. The number of rotatable bonds is 3. The van der Waals surface area contributed by atoms with Gasteiger partial charge in [0, 0.05) is 29.4 Å². The minimum atomic E-state index is -1.75. The van der Waals surface area contributed by atoms with Gasteiger partial charge >= 0.3 is 6.09 Å². The van der Waals surface area contributed by atoms with Gasteiger partial charge in [0.05, 0.1) is 23.4 Å². The first-order valence-corrected chi connectivity index (χ1v) is 11.4. The van der Waals surface area contributed by atoms with Crippen molar-refractivity contribution in [1.82, 2.24) is 4.90 Å². The van der Waals surface area contributed by atoms with Gasteiger partial charge < -0.3 is 15.4 Å². The summed E-state index contributed by atoms with van der Waals surface area (Å²) in [6.07, 6.45) is 1.27. The van der Waals surface area contributed by atoms with Crippen LogP contribution in [0.3, 0.4) is 0 Å². The molecule has 8 heteroatoms. The van der Waals surface area contributed by atoms with Crippen LogP contribution < -0.4 is 5.73 Å². The molecule has 168 valence electrons. The van der Waals surface area contributed by atoms with Crippen LogP contribution >= 0.6 is 15.9 Å². The summed E-state index contributed by atoms with van der Waals surface area (Å²) >= 11 is 3.41. The Balaban J connectivity index is 1.73. The van der Waals surface area contributed by atoms with Crippen molar-refractivity contribution in [3.63, 3.8) is 0 Å². The zero-order valence-corrected chi connectivity index (χ0v) is 19.7. The van der Waals surface area contributed by atoms with E-state index in [1.165, 1.54) is 4.90 Å².